The maximum atomic E-state index is 5.72. The quantitative estimate of drug-likeness (QED) is 0.855. The van der Waals surface area contributed by atoms with Crippen LogP contribution in [-0.2, 0) is 6.42 Å². The summed E-state index contributed by atoms with van der Waals surface area (Å²) in [6, 6.07) is 10.8. The predicted octanol–water partition coefficient (Wildman–Crippen LogP) is 2.64. The summed E-state index contributed by atoms with van der Waals surface area (Å²) < 4.78 is 5.72. The molecule has 0 bridgehead atoms. The smallest absolute Gasteiger partial charge is 0.196 e. The molecule has 1 aliphatic carbocycles. The van der Waals surface area contributed by atoms with Crippen molar-refractivity contribution in [2.45, 2.75) is 25.3 Å². The van der Waals surface area contributed by atoms with E-state index in [1.165, 1.54) is 12.8 Å². The lowest BCUT2D eigenvalue weighted by atomic mass is 10.2. The molecule has 0 unspecified atom stereocenters. The fourth-order valence-electron chi connectivity index (χ4n) is 1.83. The van der Waals surface area contributed by atoms with E-state index in [1.54, 1.807) is 0 Å². The van der Waals surface area contributed by atoms with Crippen LogP contribution in [0, 0.1) is 0 Å². The van der Waals surface area contributed by atoms with Gasteiger partial charge in [-0.3, -0.25) is 0 Å². The highest BCUT2D eigenvalue weighted by Gasteiger charge is 2.19. The molecule has 0 atom stereocenters. The second-order valence-corrected chi connectivity index (χ2v) is 4.46. The normalized spacial score (nSPS) is 15.1. The molecule has 17 heavy (non-hydrogen) atoms. The number of aromatic nitrogens is 1. The molecular formula is C14H16N2O. The third kappa shape index (κ3) is 2.74. The third-order valence-electron chi connectivity index (χ3n) is 2.96. The van der Waals surface area contributed by atoms with Gasteiger partial charge in [-0.05, 0) is 12.8 Å². The number of rotatable bonds is 5. The Bertz CT molecular complexity index is 474. The number of nitrogens with one attached hydrogen (secondary N) is 1. The van der Waals surface area contributed by atoms with Crippen molar-refractivity contribution in [3.05, 3.63) is 42.4 Å². The van der Waals surface area contributed by atoms with E-state index in [-0.39, 0.29) is 0 Å². The van der Waals surface area contributed by atoms with E-state index in [0.29, 0.717) is 0 Å². The molecular weight excluding hydrogens is 212 g/mol. The van der Waals surface area contributed by atoms with Crippen LogP contribution in [0.1, 0.15) is 18.7 Å². The van der Waals surface area contributed by atoms with Gasteiger partial charge in [-0.2, -0.15) is 0 Å². The van der Waals surface area contributed by atoms with Crippen molar-refractivity contribution < 1.29 is 4.42 Å². The summed E-state index contributed by atoms with van der Waals surface area (Å²) in [7, 11) is 0. The number of oxazole rings is 1. The lowest BCUT2D eigenvalue weighted by molar-refractivity contribution is 0.494. The van der Waals surface area contributed by atoms with Gasteiger partial charge >= 0.3 is 0 Å². The van der Waals surface area contributed by atoms with Crippen LogP contribution >= 0.6 is 0 Å². The summed E-state index contributed by atoms with van der Waals surface area (Å²) in [5, 5.41) is 3.45. The molecule has 1 aliphatic rings. The zero-order chi connectivity index (χ0) is 11.5. The molecule has 2 aromatic rings. The molecule has 3 nitrogen and oxygen atoms in total. The Balaban J connectivity index is 1.61. The van der Waals surface area contributed by atoms with E-state index in [4.69, 9.17) is 4.42 Å². The van der Waals surface area contributed by atoms with Gasteiger partial charge in [0.2, 0.25) is 0 Å². The minimum atomic E-state index is 0.749. The Morgan fingerprint density at radius 1 is 1.24 bits per heavy atom. The van der Waals surface area contributed by atoms with Gasteiger partial charge in [0.15, 0.2) is 11.7 Å². The van der Waals surface area contributed by atoms with Crippen LogP contribution in [0.25, 0.3) is 11.3 Å². The molecule has 0 aliphatic heterocycles. The Morgan fingerprint density at radius 3 is 2.82 bits per heavy atom. The summed E-state index contributed by atoms with van der Waals surface area (Å²) >= 11 is 0. The van der Waals surface area contributed by atoms with Crippen molar-refractivity contribution in [3.8, 4) is 11.3 Å². The molecule has 1 heterocycles. The summed E-state index contributed by atoms with van der Waals surface area (Å²) in [4.78, 5) is 4.30. The number of hydrogen-bond donors (Lipinski definition) is 1. The zero-order valence-corrected chi connectivity index (χ0v) is 9.73. The summed E-state index contributed by atoms with van der Waals surface area (Å²) in [5.74, 6) is 1.67. The van der Waals surface area contributed by atoms with Gasteiger partial charge in [0, 0.05) is 24.6 Å². The highest BCUT2D eigenvalue weighted by molar-refractivity contribution is 5.55. The summed E-state index contributed by atoms with van der Waals surface area (Å²) in [6.45, 7) is 0.958. The van der Waals surface area contributed by atoms with E-state index >= 15 is 0 Å². The Kier molecular flexibility index (Phi) is 2.92. The van der Waals surface area contributed by atoms with Gasteiger partial charge in [-0.15, -0.1) is 0 Å². The highest BCUT2D eigenvalue weighted by Crippen LogP contribution is 2.20. The van der Waals surface area contributed by atoms with Crippen molar-refractivity contribution in [3.63, 3.8) is 0 Å². The minimum absolute atomic E-state index is 0.749. The summed E-state index contributed by atoms with van der Waals surface area (Å²) in [5.41, 5.74) is 1.08. The fraction of sp³-hybridized carbons (Fsp3) is 0.357. The first-order chi connectivity index (χ1) is 8.42. The van der Waals surface area contributed by atoms with Gasteiger partial charge in [-0.1, -0.05) is 30.3 Å². The lowest BCUT2D eigenvalue weighted by Gasteiger charge is -1.98. The largest absolute Gasteiger partial charge is 0.441 e. The van der Waals surface area contributed by atoms with Crippen LogP contribution < -0.4 is 5.32 Å². The number of hydrogen-bond acceptors (Lipinski definition) is 3. The molecule has 0 spiro atoms. The van der Waals surface area contributed by atoms with Crippen LogP contribution in [-0.4, -0.2) is 17.6 Å². The number of nitrogens with zero attached hydrogens (tertiary/aromatic N) is 1. The molecule has 1 saturated carbocycles. The van der Waals surface area contributed by atoms with Crippen LogP contribution in [0.3, 0.4) is 0 Å². The Morgan fingerprint density at radius 2 is 2.06 bits per heavy atom. The van der Waals surface area contributed by atoms with Crippen LogP contribution in [0.2, 0.25) is 0 Å². The first-order valence-corrected chi connectivity index (χ1v) is 6.15. The monoisotopic (exact) mass is 228 g/mol. The Labute approximate surface area is 101 Å². The Hall–Kier alpha value is -1.61. The molecule has 88 valence electrons. The standard InChI is InChI=1S/C14H16N2O/c1-2-4-11(5-3-1)13-10-16-14(17-13)8-9-15-12-6-7-12/h1-5,10,12,15H,6-9H2. The van der Waals surface area contributed by atoms with E-state index in [9.17, 15) is 0 Å². The van der Waals surface area contributed by atoms with Crippen molar-refractivity contribution in [1.82, 2.24) is 10.3 Å². The van der Waals surface area contributed by atoms with Crippen molar-refractivity contribution in [2.75, 3.05) is 6.54 Å². The van der Waals surface area contributed by atoms with Gasteiger partial charge in [0.25, 0.3) is 0 Å². The van der Waals surface area contributed by atoms with E-state index in [1.807, 2.05) is 36.5 Å². The summed E-state index contributed by atoms with van der Waals surface area (Å²) in [6.07, 6.45) is 5.31. The van der Waals surface area contributed by atoms with Crippen molar-refractivity contribution in [2.24, 2.45) is 0 Å². The maximum absolute atomic E-state index is 5.72. The molecule has 1 aromatic carbocycles. The topological polar surface area (TPSA) is 38.1 Å². The third-order valence-corrected chi connectivity index (χ3v) is 2.96. The van der Waals surface area contributed by atoms with Crippen LogP contribution in [0.5, 0.6) is 0 Å². The zero-order valence-electron chi connectivity index (χ0n) is 9.73. The lowest BCUT2D eigenvalue weighted by Crippen LogP contribution is -2.19. The molecule has 0 saturated heterocycles. The SMILES string of the molecule is c1ccc(-c2cnc(CCNC3CC3)o2)cc1. The average Bonchev–Trinajstić information content (AvgIpc) is 3.07. The van der Waals surface area contributed by atoms with Crippen molar-refractivity contribution in [1.29, 1.82) is 0 Å². The van der Waals surface area contributed by atoms with Crippen LogP contribution in [0.4, 0.5) is 0 Å². The van der Waals surface area contributed by atoms with Gasteiger partial charge in [0.1, 0.15) is 0 Å². The fourth-order valence-corrected chi connectivity index (χ4v) is 1.83. The van der Waals surface area contributed by atoms with E-state index < -0.39 is 0 Å². The van der Waals surface area contributed by atoms with E-state index in [2.05, 4.69) is 10.3 Å². The molecule has 0 radical (unpaired) electrons. The molecule has 1 aromatic heterocycles. The first kappa shape index (κ1) is 10.5. The molecule has 3 heteroatoms. The molecule has 3 rings (SSSR count). The molecule has 1 fully saturated rings. The second-order valence-electron chi connectivity index (χ2n) is 4.46. The van der Waals surface area contributed by atoms with Crippen molar-refractivity contribution >= 4 is 0 Å². The van der Waals surface area contributed by atoms with E-state index in [0.717, 1.165) is 36.2 Å². The maximum Gasteiger partial charge on any atom is 0.196 e. The molecule has 1 N–H and O–H groups in total. The minimum Gasteiger partial charge on any atom is -0.441 e. The van der Waals surface area contributed by atoms with Gasteiger partial charge < -0.3 is 9.73 Å². The molecule has 0 amide bonds. The van der Waals surface area contributed by atoms with Gasteiger partial charge in [0.05, 0.1) is 6.20 Å². The van der Waals surface area contributed by atoms with Crippen LogP contribution in [0.15, 0.2) is 40.9 Å². The predicted molar refractivity (Wildman–Crippen MR) is 66.7 cm³/mol. The second kappa shape index (κ2) is 4.72. The highest BCUT2D eigenvalue weighted by atomic mass is 16.4. The number of benzene rings is 1. The first-order valence-electron chi connectivity index (χ1n) is 6.15. The average molecular weight is 228 g/mol. The van der Waals surface area contributed by atoms with Gasteiger partial charge in [-0.25, -0.2) is 4.98 Å².